The minimum absolute atomic E-state index is 0.0360. The maximum absolute atomic E-state index is 12.7. The molecule has 1 saturated carbocycles. The van der Waals surface area contributed by atoms with E-state index in [4.69, 9.17) is 31.1 Å². The fourth-order valence-electron chi connectivity index (χ4n) is 3.41. The van der Waals surface area contributed by atoms with Crippen LogP contribution in [0.2, 0.25) is 5.02 Å². The van der Waals surface area contributed by atoms with Crippen LogP contribution in [-0.4, -0.2) is 24.6 Å². The van der Waals surface area contributed by atoms with Gasteiger partial charge in [0, 0.05) is 11.4 Å². The van der Waals surface area contributed by atoms with E-state index in [0.29, 0.717) is 23.6 Å². The number of hydrogen-bond acceptors (Lipinski definition) is 5. The molecule has 0 aromatic heterocycles. The average molecular weight is 362 g/mol. The second-order valence-electron chi connectivity index (χ2n) is 6.50. The second kappa shape index (κ2) is 7.47. The summed E-state index contributed by atoms with van der Waals surface area (Å²) in [6, 6.07) is 5.59. The summed E-state index contributed by atoms with van der Waals surface area (Å²) in [5, 5.41) is 9.31. The molecule has 0 radical (unpaired) electrons. The smallest absolute Gasteiger partial charge is 0.207 e. The number of carbonyl (C=O) groups is 1. The van der Waals surface area contributed by atoms with Crippen molar-refractivity contribution in [1.82, 2.24) is 0 Å². The highest BCUT2D eigenvalue weighted by atomic mass is 35.5. The summed E-state index contributed by atoms with van der Waals surface area (Å²) in [7, 11) is 0. The van der Waals surface area contributed by atoms with E-state index in [9.17, 15) is 4.79 Å². The van der Waals surface area contributed by atoms with Crippen molar-refractivity contribution in [2.75, 3.05) is 6.61 Å². The van der Waals surface area contributed by atoms with Crippen molar-refractivity contribution in [3.63, 3.8) is 0 Å². The largest absolute Gasteiger partial charge is 0.493 e. The normalized spacial score (nSPS) is 25.4. The van der Waals surface area contributed by atoms with Gasteiger partial charge in [0.2, 0.25) is 11.5 Å². The van der Waals surface area contributed by atoms with Gasteiger partial charge in [0.25, 0.3) is 0 Å². The lowest BCUT2D eigenvalue weighted by Gasteiger charge is -2.36. The number of allylic oxidation sites excluding steroid dienone is 1. The van der Waals surface area contributed by atoms with Crippen LogP contribution in [0.25, 0.3) is 0 Å². The SMILES string of the molecule is Cc1cc(OC2=COC3CC(OCC#N)CCC3C2=O)cc(C)c1Cl. The number of nitriles is 1. The van der Waals surface area contributed by atoms with Gasteiger partial charge in [-0.05, 0) is 49.9 Å². The van der Waals surface area contributed by atoms with Crippen LogP contribution in [-0.2, 0) is 14.3 Å². The van der Waals surface area contributed by atoms with Gasteiger partial charge in [0.05, 0.1) is 18.1 Å². The highest BCUT2D eigenvalue weighted by molar-refractivity contribution is 6.32. The Morgan fingerprint density at radius 1 is 1.32 bits per heavy atom. The van der Waals surface area contributed by atoms with E-state index in [-0.39, 0.29) is 36.3 Å². The molecule has 0 spiro atoms. The summed E-state index contributed by atoms with van der Waals surface area (Å²) in [6.45, 7) is 3.86. The molecule has 2 aliphatic rings. The zero-order chi connectivity index (χ0) is 18.0. The highest BCUT2D eigenvalue weighted by Gasteiger charge is 2.41. The van der Waals surface area contributed by atoms with Crippen molar-refractivity contribution in [2.24, 2.45) is 5.92 Å². The van der Waals surface area contributed by atoms with E-state index in [2.05, 4.69) is 0 Å². The molecule has 25 heavy (non-hydrogen) atoms. The van der Waals surface area contributed by atoms with Crippen LogP contribution in [0.4, 0.5) is 0 Å². The van der Waals surface area contributed by atoms with Crippen molar-refractivity contribution < 1.29 is 19.0 Å². The third-order valence-electron chi connectivity index (χ3n) is 4.69. The molecule has 132 valence electrons. The van der Waals surface area contributed by atoms with Gasteiger partial charge in [0.15, 0.2) is 0 Å². The summed E-state index contributed by atoms with van der Waals surface area (Å²) in [5.74, 6) is 0.530. The molecule has 1 aromatic rings. The first-order valence-corrected chi connectivity index (χ1v) is 8.70. The van der Waals surface area contributed by atoms with E-state index < -0.39 is 0 Å². The maximum atomic E-state index is 12.7. The molecule has 3 atom stereocenters. The summed E-state index contributed by atoms with van der Waals surface area (Å²) < 4.78 is 17.0. The molecule has 0 bridgehead atoms. The minimum atomic E-state index is -0.226. The van der Waals surface area contributed by atoms with Gasteiger partial charge in [-0.3, -0.25) is 4.79 Å². The van der Waals surface area contributed by atoms with E-state index in [0.717, 1.165) is 17.5 Å². The lowest BCUT2D eigenvalue weighted by Crippen LogP contribution is -2.42. The number of benzene rings is 1. The summed E-state index contributed by atoms with van der Waals surface area (Å²) in [4.78, 5) is 12.7. The number of hydrogen-bond donors (Lipinski definition) is 0. The van der Waals surface area contributed by atoms with Gasteiger partial charge in [-0.25, -0.2) is 0 Å². The topological polar surface area (TPSA) is 68.6 Å². The highest BCUT2D eigenvalue weighted by Crippen LogP contribution is 2.35. The molecular formula is C19H20ClNO4. The molecule has 0 saturated heterocycles. The van der Waals surface area contributed by atoms with Crippen LogP contribution in [0, 0.1) is 31.1 Å². The number of rotatable bonds is 4. The van der Waals surface area contributed by atoms with Crippen LogP contribution in [0.15, 0.2) is 24.2 Å². The van der Waals surface area contributed by atoms with Crippen molar-refractivity contribution in [3.05, 3.63) is 40.3 Å². The molecule has 1 aliphatic heterocycles. The van der Waals surface area contributed by atoms with Crippen molar-refractivity contribution in [2.45, 2.75) is 45.3 Å². The first-order chi connectivity index (χ1) is 12.0. The zero-order valence-corrected chi connectivity index (χ0v) is 15.0. The lowest BCUT2D eigenvalue weighted by molar-refractivity contribution is -0.133. The molecule has 1 fully saturated rings. The third-order valence-corrected chi connectivity index (χ3v) is 5.29. The average Bonchev–Trinajstić information content (AvgIpc) is 2.60. The Bertz CT molecular complexity index is 729. The first kappa shape index (κ1) is 17.8. The number of nitrogens with zero attached hydrogens (tertiary/aromatic N) is 1. The van der Waals surface area contributed by atoms with Crippen molar-refractivity contribution in [1.29, 1.82) is 5.26 Å². The Morgan fingerprint density at radius 2 is 2.04 bits per heavy atom. The van der Waals surface area contributed by atoms with E-state index >= 15 is 0 Å². The van der Waals surface area contributed by atoms with Crippen LogP contribution in [0.5, 0.6) is 5.75 Å². The summed E-state index contributed by atoms with van der Waals surface area (Å²) >= 11 is 6.17. The fourth-order valence-corrected chi connectivity index (χ4v) is 3.51. The van der Waals surface area contributed by atoms with Gasteiger partial charge in [-0.1, -0.05) is 11.6 Å². The van der Waals surface area contributed by atoms with Crippen LogP contribution in [0.1, 0.15) is 30.4 Å². The summed E-state index contributed by atoms with van der Waals surface area (Å²) in [5.41, 5.74) is 1.80. The molecular weight excluding hydrogens is 342 g/mol. The Kier molecular flexibility index (Phi) is 5.31. The molecule has 5 nitrogen and oxygen atoms in total. The van der Waals surface area contributed by atoms with Crippen LogP contribution in [0.3, 0.4) is 0 Å². The minimum Gasteiger partial charge on any atom is -0.493 e. The molecule has 1 aromatic carbocycles. The van der Waals surface area contributed by atoms with E-state index in [1.807, 2.05) is 32.0 Å². The quantitative estimate of drug-likeness (QED) is 0.814. The van der Waals surface area contributed by atoms with E-state index in [1.165, 1.54) is 6.26 Å². The number of Topliss-reactive ketones (excluding diaryl/α,β-unsaturated/α-hetero) is 1. The van der Waals surface area contributed by atoms with Gasteiger partial charge in [-0.2, -0.15) is 5.26 Å². The number of halogens is 1. The van der Waals surface area contributed by atoms with E-state index in [1.54, 1.807) is 0 Å². The Balaban J connectivity index is 1.70. The van der Waals surface area contributed by atoms with Gasteiger partial charge >= 0.3 is 0 Å². The molecule has 1 aliphatic carbocycles. The molecule has 1 heterocycles. The molecule has 3 unspecified atom stereocenters. The molecule has 0 amide bonds. The van der Waals surface area contributed by atoms with Crippen LogP contribution >= 0.6 is 11.6 Å². The number of aryl methyl sites for hydroxylation is 2. The van der Waals surface area contributed by atoms with Gasteiger partial charge in [0.1, 0.15) is 24.7 Å². The number of fused-ring (bicyclic) bond motifs is 1. The molecule has 6 heteroatoms. The Labute approximate surface area is 152 Å². The summed E-state index contributed by atoms with van der Waals surface area (Å²) in [6.07, 6.45) is 3.16. The van der Waals surface area contributed by atoms with Gasteiger partial charge in [-0.15, -0.1) is 0 Å². The molecule has 0 N–H and O–H groups in total. The maximum Gasteiger partial charge on any atom is 0.207 e. The lowest BCUT2D eigenvalue weighted by atomic mass is 9.80. The molecule has 3 rings (SSSR count). The predicted molar refractivity (Wildman–Crippen MR) is 92.2 cm³/mol. The monoisotopic (exact) mass is 361 g/mol. The second-order valence-corrected chi connectivity index (χ2v) is 6.88. The zero-order valence-electron chi connectivity index (χ0n) is 14.3. The van der Waals surface area contributed by atoms with Gasteiger partial charge < -0.3 is 14.2 Å². The number of carbonyl (C=O) groups excluding carboxylic acids is 1. The fraction of sp³-hybridized carbons (Fsp3) is 0.474. The first-order valence-electron chi connectivity index (χ1n) is 8.32. The third kappa shape index (κ3) is 3.81. The Hall–Kier alpha value is -2.03. The standard InChI is InChI=1S/C19H20ClNO4/c1-11-7-14(8-12(2)18(11)20)25-17-10-24-16-9-13(23-6-5-21)3-4-15(16)19(17)22/h7-8,10,13,15-16H,3-4,6,9H2,1-2H3. The Morgan fingerprint density at radius 3 is 2.72 bits per heavy atom. The van der Waals surface area contributed by atoms with Crippen molar-refractivity contribution >= 4 is 17.4 Å². The predicted octanol–water partition coefficient (Wildman–Crippen LogP) is 3.85. The number of ketones is 1. The van der Waals surface area contributed by atoms with Crippen LogP contribution < -0.4 is 4.74 Å². The number of ether oxygens (including phenoxy) is 3. The van der Waals surface area contributed by atoms with Crippen molar-refractivity contribution in [3.8, 4) is 11.8 Å².